The van der Waals surface area contributed by atoms with Gasteiger partial charge in [-0.3, -0.25) is 9.69 Å². The first-order valence-corrected chi connectivity index (χ1v) is 9.49. The van der Waals surface area contributed by atoms with E-state index in [-0.39, 0.29) is 17.8 Å². The molecule has 1 aliphatic rings. The number of halogens is 1. The molecule has 1 N–H and O–H groups in total. The molecule has 1 amide bonds. The quantitative estimate of drug-likeness (QED) is 0.790. The predicted octanol–water partition coefficient (Wildman–Crippen LogP) is 3.60. The number of hydrogen-bond donors (Lipinski definition) is 1. The average Bonchev–Trinajstić information content (AvgIpc) is 3.16. The summed E-state index contributed by atoms with van der Waals surface area (Å²) in [7, 11) is 3.27. The van der Waals surface area contributed by atoms with Crippen LogP contribution >= 0.6 is 0 Å². The van der Waals surface area contributed by atoms with E-state index in [4.69, 9.17) is 9.47 Å². The van der Waals surface area contributed by atoms with Crippen LogP contribution in [0.3, 0.4) is 0 Å². The highest BCUT2D eigenvalue weighted by molar-refractivity contribution is 5.78. The maximum absolute atomic E-state index is 13.7. The van der Waals surface area contributed by atoms with Crippen molar-refractivity contribution in [1.82, 2.24) is 10.2 Å². The lowest BCUT2D eigenvalue weighted by Gasteiger charge is -2.26. The minimum atomic E-state index is -0.252. The molecular formula is C22H27FN2O3. The summed E-state index contributed by atoms with van der Waals surface area (Å²) in [6, 6.07) is 11.0. The lowest BCUT2D eigenvalue weighted by Crippen LogP contribution is -2.36. The zero-order valence-electron chi connectivity index (χ0n) is 16.6. The predicted molar refractivity (Wildman–Crippen MR) is 106 cm³/mol. The lowest BCUT2D eigenvalue weighted by molar-refractivity contribution is -0.122. The van der Waals surface area contributed by atoms with Crippen molar-refractivity contribution in [2.24, 2.45) is 0 Å². The third kappa shape index (κ3) is 4.62. The van der Waals surface area contributed by atoms with Crippen LogP contribution in [0.15, 0.2) is 36.4 Å². The molecule has 0 bridgehead atoms. The van der Waals surface area contributed by atoms with E-state index in [2.05, 4.69) is 10.2 Å². The van der Waals surface area contributed by atoms with Gasteiger partial charge in [-0.25, -0.2) is 4.39 Å². The third-order valence-electron chi connectivity index (χ3n) is 5.24. The van der Waals surface area contributed by atoms with Gasteiger partial charge in [0.2, 0.25) is 5.91 Å². The van der Waals surface area contributed by atoms with E-state index in [1.807, 2.05) is 24.3 Å². The van der Waals surface area contributed by atoms with Gasteiger partial charge >= 0.3 is 0 Å². The summed E-state index contributed by atoms with van der Waals surface area (Å²) >= 11 is 0. The van der Waals surface area contributed by atoms with Gasteiger partial charge in [0.05, 0.1) is 20.8 Å². The second-order valence-electron chi connectivity index (χ2n) is 7.10. The summed E-state index contributed by atoms with van der Waals surface area (Å²) in [6.45, 7) is 3.19. The molecule has 0 radical (unpaired) electrons. The number of nitrogens with one attached hydrogen (secondary N) is 1. The summed E-state index contributed by atoms with van der Waals surface area (Å²) in [5, 5.41) is 2.89. The molecule has 0 saturated carbocycles. The molecule has 1 fully saturated rings. The van der Waals surface area contributed by atoms with Gasteiger partial charge in [0, 0.05) is 24.2 Å². The molecule has 2 aromatic rings. The molecule has 150 valence electrons. The normalized spacial score (nSPS) is 16.8. The highest BCUT2D eigenvalue weighted by Gasteiger charge is 2.29. The number of aryl methyl sites for hydroxylation is 1. The molecule has 0 aromatic heterocycles. The molecule has 28 heavy (non-hydrogen) atoms. The van der Waals surface area contributed by atoms with Crippen LogP contribution in [0.25, 0.3) is 0 Å². The Kier molecular flexibility index (Phi) is 6.52. The summed E-state index contributed by atoms with van der Waals surface area (Å²) in [5.74, 6) is 1.19. The van der Waals surface area contributed by atoms with Gasteiger partial charge in [0.25, 0.3) is 0 Å². The van der Waals surface area contributed by atoms with E-state index in [0.29, 0.717) is 18.7 Å². The van der Waals surface area contributed by atoms with Crippen LogP contribution in [0, 0.1) is 12.7 Å². The number of carbonyl (C=O) groups excluding carboxylic acids is 1. The van der Waals surface area contributed by atoms with E-state index < -0.39 is 0 Å². The molecule has 5 nitrogen and oxygen atoms in total. The van der Waals surface area contributed by atoms with Crippen molar-refractivity contribution in [3.05, 3.63) is 58.9 Å². The first-order chi connectivity index (χ1) is 13.5. The van der Waals surface area contributed by atoms with Gasteiger partial charge in [-0.05, 0) is 49.6 Å². The number of benzene rings is 2. The van der Waals surface area contributed by atoms with E-state index >= 15 is 0 Å². The van der Waals surface area contributed by atoms with Crippen molar-refractivity contribution < 1.29 is 18.7 Å². The van der Waals surface area contributed by atoms with E-state index in [1.165, 1.54) is 6.07 Å². The van der Waals surface area contributed by atoms with Crippen molar-refractivity contribution in [3.8, 4) is 11.5 Å². The van der Waals surface area contributed by atoms with Gasteiger partial charge < -0.3 is 14.8 Å². The maximum atomic E-state index is 13.7. The van der Waals surface area contributed by atoms with Crippen molar-refractivity contribution >= 4 is 5.91 Å². The van der Waals surface area contributed by atoms with Crippen molar-refractivity contribution in [2.45, 2.75) is 32.4 Å². The van der Waals surface area contributed by atoms with Gasteiger partial charge in [-0.15, -0.1) is 0 Å². The molecule has 3 rings (SSSR count). The minimum Gasteiger partial charge on any atom is -0.497 e. The molecule has 6 heteroatoms. The Labute approximate surface area is 165 Å². The zero-order valence-corrected chi connectivity index (χ0v) is 16.6. The molecular weight excluding hydrogens is 359 g/mol. The van der Waals surface area contributed by atoms with E-state index in [0.717, 1.165) is 42.0 Å². The molecule has 1 heterocycles. The number of amides is 1. The summed E-state index contributed by atoms with van der Waals surface area (Å²) in [5.41, 5.74) is 2.42. The standard InChI is InChI=1S/C22H27FN2O3/c1-15-6-7-16(11-19(15)23)13-24-22(26)14-25-10-4-5-20(25)18-9-8-17(27-2)12-21(18)28-3/h6-9,11-12,20H,4-5,10,13-14H2,1-3H3,(H,24,26)/t20-/m1/s1. The molecule has 2 aromatic carbocycles. The van der Waals surface area contributed by atoms with Crippen molar-refractivity contribution in [2.75, 3.05) is 27.3 Å². The first-order valence-electron chi connectivity index (χ1n) is 9.49. The zero-order chi connectivity index (χ0) is 20.1. The fourth-order valence-electron chi connectivity index (χ4n) is 3.65. The Bertz CT molecular complexity index is 841. The highest BCUT2D eigenvalue weighted by Crippen LogP contribution is 2.38. The van der Waals surface area contributed by atoms with Crippen LogP contribution in [0.5, 0.6) is 11.5 Å². The molecule has 0 unspecified atom stereocenters. The van der Waals surface area contributed by atoms with Crippen LogP contribution < -0.4 is 14.8 Å². The number of carbonyl (C=O) groups is 1. The van der Waals surface area contributed by atoms with Gasteiger partial charge in [0.15, 0.2) is 0 Å². The number of likely N-dealkylation sites (tertiary alicyclic amines) is 1. The van der Waals surface area contributed by atoms with Gasteiger partial charge in [0.1, 0.15) is 17.3 Å². The minimum absolute atomic E-state index is 0.0691. The highest BCUT2D eigenvalue weighted by atomic mass is 19.1. The number of ether oxygens (including phenoxy) is 2. The number of methoxy groups -OCH3 is 2. The number of hydrogen-bond acceptors (Lipinski definition) is 4. The lowest BCUT2D eigenvalue weighted by atomic mass is 10.0. The topological polar surface area (TPSA) is 50.8 Å². The van der Waals surface area contributed by atoms with Crippen LogP contribution in [-0.2, 0) is 11.3 Å². The summed E-state index contributed by atoms with van der Waals surface area (Å²) in [6.07, 6.45) is 2.00. The Morgan fingerprint density at radius 3 is 2.75 bits per heavy atom. The SMILES string of the molecule is COc1ccc([C@H]2CCCN2CC(=O)NCc2ccc(C)c(F)c2)c(OC)c1. The Morgan fingerprint density at radius 1 is 1.21 bits per heavy atom. The van der Waals surface area contributed by atoms with E-state index in [1.54, 1.807) is 27.2 Å². The van der Waals surface area contributed by atoms with Crippen LogP contribution in [0.1, 0.15) is 35.6 Å². The smallest absolute Gasteiger partial charge is 0.234 e. The fraction of sp³-hybridized carbons (Fsp3) is 0.409. The van der Waals surface area contributed by atoms with Crippen molar-refractivity contribution in [3.63, 3.8) is 0 Å². The van der Waals surface area contributed by atoms with Crippen molar-refractivity contribution in [1.29, 1.82) is 0 Å². The summed E-state index contributed by atoms with van der Waals surface area (Å²) in [4.78, 5) is 14.6. The Balaban J connectivity index is 1.63. The summed E-state index contributed by atoms with van der Waals surface area (Å²) < 4.78 is 24.5. The molecule has 0 aliphatic carbocycles. The third-order valence-corrected chi connectivity index (χ3v) is 5.24. The molecule has 1 aliphatic heterocycles. The average molecular weight is 386 g/mol. The second kappa shape index (κ2) is 9.06. The van der Waals surface area contributed by atoms with Gasteiger partial charge in [-0.1, -0.05) is 18.2 Å². The van der Waals surface area contributed by atoms with E-state index in [9.17, 15) is 9.18 Å². The largest absolute Gasteiger partial charge is 0.497 e. The second-order valence-corrected chi connectivity index (χ2v) is 7.10. The van der Waals surface area contributed by atoms with Crippen LogP contribution in [-0.4, -0.2) is 38.1 Å². The molecule has 1 atom stereocenters. The Hall–Kier alpha value is -2.60. The molecule has 1 saturated heterocycles. The fourth-order valence-corrected chi connectivity index (χ4v) is 3.65. The monoisotopic (exact) mass is 386 g/mol. The van der Waals surface area contributed by atoms with Gasteiger partial charge in [-0.2, -0.15) is 0 Å². The first kappa shape index (κ1) is 20.1. The van der Waals surface area contributed by atoms with Crippen LogP contribution in [0.2, 0.25) is 0 Å². The number of rotatable bonds is 7. The number of nitrogens with zero attached hydrogens (tertiary/aromatic N) is 1. The van der Waals surface area contributed by atoms with Crippen LogP contribution in [0.4, 0.5) is 4.39 Å². The maximum Gasteiger partial charge on any atom is 0.234 e. The molecule has 0 spiro atoms. The Morgan fingerprint density at radius 2 is 2.04 bits per heavy atom.